The third kappa shape index (κ3) is 2.62. The topological polar surface area (TPSA) is 61.8 Å². The Morgan fingerprint density at radius 2 is 1.87 bits per heavy atom. The molecule has 0 aliphatic rings. The van der Waals surface area contributed by atoms with Gasteiger partial charge in [0, 0.05) is 24.1 Å². The molecule has 0 bridgehead atoms. The Labute approximate surface area is 149 Å². The Balaban J connectivity index is 2.28. The van der Waals surface area contributed by atoms with Crippen molar-refractivity contribution in [2.75, 3.05) is 0 Å². The number of hydrogen-bond acceptors (Lipinski definition) is 3. The van der Waals surface area contributed by atoms with Crippen LogP contribution in [0, 0.1) is 0 Å². The van der Waals surface area contributed by atoms with Gasteiger partial charge in [0.15, 0.2) is 15.9 Å². The molecule has 1 aromatic carbocycles. The molecular weight excluding hydrogens is 407 g/mol. The van der Waals surface area contributed by atoms with Gasteiger partial charge < -0.3 is 4.57 Å². The summed E-state index contributed by atoms with van der Waals surface area (Å²) in [5.41, 5.74) is 0.588. The molecule has 0 amide bonds. The normalized spacial score (nSPS) is 11.3. The highest BCUT2D eigenvalue weighted by molar-refractivity contribution is 9.10. The lowest BCUT2D eigenvalue weighted by Crippen LogP contribution is -2.37. The van der Waals surface area contributed by atoms with E-state index in [1.165, 1.54) is 11.6 Å². The Bertz CT molecular complexity index is 1050. The average Bonchev–Trinajstić information content (AvgIpc) is 2.83. The molecule has 6 nitrogen and oxygen atoms in total. The molecule has 0 aliphatic heterocycles. The van der Waals surface area contributed by atoms with E-state index in [1.54, 1.807) is 29.8 Å². The second-order valence-electron chi connectivity index (χ2n) is 5.08. The highest BCUT2D eigenvalue weighted by atomic mass is 79.9. The van der Waals surface area contributed by atoms with Crippen LogP contribution in [0.2, 0.25) is 10.0 Å². The fourth-order valence-corrected chi connectivity index (χ4v) is 3.32. The highest BCUT2D eigenvalue weighted by Gasteiger charge is 2.18. The van der Waals surface area contributed by atoms with Gasteiger partial charge in [-0.1, -0.05) is 29.3 Å². The maximum absolute atomic E-state index is 12.5. The molecular formula is C14H11BrCl2N4O2. The van der Waals surface area contributed by atoms with Crippen LogP contribution < -0.4 is 11.2 Å². The predicted octanol–water partition coefficient (Wildman–Crippen LogP) is 2.55. The van der Waals surface area contributed by atoms with Crippen LogP contribution in [0.1, 0.15) is 5.56 Å². The molecule has 0 atom stereocenters. The highest BCUT2D eigenvalue weighted by Crippen LogP contribution is 2.24. The SMILES string of the molecule is Cn1c(=O)c2c(nc(Br)n2Cc2ccc(Cl)cc2Cl)n(C)c1=O. The predicted molar refractivity (Wildman–Crippen MR) is 93.5 cm³/mol. The first-order chi connectivity index (χ1) is 10.8. The fraction of sp³-hybridized carbons (Fsp3) is 0.214. The average molecular weight is 418 g/mol. The minimum Gasteiger partial charge on any atom is -0.308 e. The van der Waals surface area contributed by atoms with E-state index in [4.69, 9.17) is 23.2 Å². The molecule has 0 unspecified atom stereocenters. The van der Waals surface area contributed by atoms with Crippen LogP contribution in [-0.4, -0.2) is 18.7 Å². The molecule has 0 saturated carbocycles. The number of aryl methyl sites for hydroxylation is 1. The maximum Gasteiger partial charge on any atom is 0.332 e. The zero-order valence-electron chi connectivity index (χ0n) is 12.2. The smallest absolute Gasteiger partial charge is 0.308 e. The summed E-state index contributed by atoms with van der Waals surface area (Å²) < 4.78 is 4.50. The molecule has 0 spiro atoms. The van der Waals surface area contributed by atoms with Gasteiger partial charge in [-0.05, 0) is 33.6 Å². The van der Waals surface area contributed by atoms with Gasteiger partial charge in [0.05, 0.1) is 6.54 Å². The third-order valence-electron chi connectivity index (χ3n) is 3.64. The van der Waals surface area contributed by atoms with E-state index in [1.807, 2.05) is 0 Å². The molecule has 0 saturated heterocycles. The zero-order chi connectivity index (χ0) is 16.9. The van der Waals surface area contributed by atoms with Crippen LogP contribution in [0.3, 0.4) is 0 Å². The molecule has 23 heavy (non-hydrogen) atoms. The number of rotatable bonds is 2. The first-order valence-corrected chi connectivity index (χ1v) is 8.12. The van der Waals surface area contributed by atoms with Crippen LogP contribution in [-0.2, 0) is 20.6 Å². The van der Waals surface area contributed by atoms with Gasteiger partial charge in [0.1, 0.15) is 0 Å². The van der Waals surface area contributed by atoms with E-state index >= 15 is 0 Å². The van der Waals surface area contributed by atoms with E-state index in [0.717, 1.165) is 10.1 Å². The summed E-state index contributed by atoms with van der Waals surface area (Å²) in [4.78, 5) is 28.8. The Morgan fingerprint density at radius 1 is 1.17 bits per heavy atom. The number of imidazole rings is 1. The lowest BCUT2D eigenvalue weighted by atomic mass is 10.2. The van der Waals surface area contributed by atoms with Crippen LogP contribution in [0.4, 0.5) is 0 Å². The Morgan fingerprint density at radius 3 is 2.52 bits per heavy atom. The standard InChI is InChI=1S/C14H11BrCl2N4O2/c1-19-11-10(12(22)20(2)14(19)23)21(13(15)18-11)6-7-3-4-8(16)5-9(7)17/h3-5H,6H2,1-2H3. The van der Waals surface area contributed by atoms with Crippen molar-refractivity contribution < 1.29 is 0 Å². The van der Waals surface area contributed by atoms with Crippen LogP contribution in [0.5, 0.6) is 0 Å². The van der Waals surface area contributed by atoms with E-state index in [0.29, 0.717) is 32.5 Å². The minimum atomic E-state index is -0.427. The Hall–Kier alpha value is -1.57. The van der Waals surface area contributed by atoms with Crippen LogP contribution in [0.15, 0.2) is 32.5 Å². The Kier molecular flexibility index (Phi) is 4.12. The lowest BCUT2D eigenvalue weighted by molar-refractivity contribution is 0.702. The summed E-state index contributed by atoms with van der Waals surface area (Å²) in [6.45, 7) is 0.320. The molecule has 0 aliphatic carbocycles. The number of fused-ring (bicyclic) bond motifs is 1. The van der Waals surface area contributed by atoms with Crippen molar-refractivity contribution in [1.82, 2.24) is 18.7 Å². The van der Waals surface area contributed by atoms with Crippen molar-refractivity contribution in [2.24, 2.45) is 14.1 Å². The molecule has 0 fully saturated rings. The molecule has 3 rings (SSSR count). The van der Waals surface area contributed by atoms with E-state index in [2.05, 4.69) is 20.9 Å². The van der Waals surface area contributed by atoms with Crippen molar-refractivity contribution in [1.29, 1.82) is 0 Å². The van der Waals surface area contributed by atoms with Crippen molar-refractivity contribution in [2.45, 2.75) is 6.54 Å². The fourth-order valence-electron chi connectivity index (χ4n) is 2.38. The molecule has 0 radical (unpaired) electrons. The summed E-state index contributed by atoms with van der Waals surface area (Å²) in [6.07, 6.45) is 0. The van der Waals surface area contributed by atoms with E-state index in [-0.39, 0.29) is 0 Å². The molecule has 9 heteroatoms. The monoisotopic (exact) mass is 416 g/mol. The summed E-state index contributed by atoms with van der Waals surface area (Å²) >= 11 is 15.5. The minimum absolute atomic E-state index is 0.315. The summed E-state index contributed by atoms with van der Waals surface area (Å²) in [7, 11) is 3.01. The van der Waals surface area contributed by atoms with Crippen molar-refractivity contribution >= 4 is 50.3 Å². The molecule has 2 aromatic heterocycles. The zero-order valence-corrected chi connectivity index (χ0v) is 15.3. The summed E-state index contributed by atoms with van der Waals surface area (Å²) in [6, 6.07) is 5.15. The maximum atomic E-state index is 12.5. The second kappa shape index (κ2) is 5.81. The van der Waals surface area contributed by atoms with Crippen molar-refractivity contribution in [3.8, 4) is 0 Å². The first-order valence-electron chi connectivity index (χ1n) is 6.57. The number of halogens is 3. The van der Waals surface area contributed by atoms with Gasteiger partial charge in [0.2, 0.25) is 0 Å². The van der Waals surface area contributed by atoms with Crippen molar-refractivity contribution in [3.63, 3.8) is 0 Å². The lowest BCUT2D eigenvalue weighted by Gasteiger charge is -2.09. The first kappa shape index (κ1) is 16.3. The quantitative estimate of drug-likeness (QED) is 0.602. The van der Waals surface area contributed by atoms with Crippen LogP contribution >= 0.6 is 39.1 Å². The van der Waals surface area contributed by atoms with Gasteiger partial charge in [-0.3, -0.25) is 13.9 Å². The number of hydrogen-bond donors (Lipinski definition) is 0. The van der Waals surface area contributed by atoms with Crippen molar-refractivity contribution in [3.05, 3.63) is 59.4 Å². The number of nitrogens with zero attached hydrogens (tertiary/aromatic N) is 4. The molecule has 2 heterocycles. The summed E-state index contributed by atoms with van der Waals surface area (Å²) in [5, 5.41) is 1.03. The van der Waals surface area contributed by atoms with Gasteiger partial charge >= 0.3 is 5.69 Å². The van der Waals surface area contributed by atoms with E-state index in [9.17, 15) is 9.59 Å². The summed E-state index contributed by atoms with van der Waals surface area (Å²) in [5.74, 6) is 0. The van der Waals surface area contributed by atoms with Crippen LogP contribution in [0.25, 0.3) is 11.2 Å². The molecule has 3 aromatic rings. The van der Waals surface area contributed by atoms with Gasteiger partial charge in [0.25, 0.3) is 5.56 Å². The third-order valence-corrected chi connectivity index (χ3v) is 4.84. The van der Waals surface area contributed by atoms with Gasteiger partial charge in [-0.15, -0.1) is 0 Å². The number of benzene rings is 1. The number of aromatic nitrogens is 4. The molecule has 120 valence electrons. The van der Waals surface area contributed by atoms with Gasteiger partial charge in [-0.2, -0.15) is 0 Å². The van der Waals surface area contributed by atoms with E-state index < -0.39 is 11.2 Å². The molecule has 0 N–H and O–H groups in total. The van der Waals surface area contributed by atoms with Gasteiger partial charge in [-0.25, -0.2) is 9.78 Å². The largest absolute Gasteiger partial charge is 0.332 e. The second-order valence-corrected chi connectivity index (χ2v) is 6.63.